The van der Waals surface area contributed by atoms with E-state index in [9.17, 15) is 4.79 Å². The number of anilines is 1. The first-order chi connectivity index (χ1) is 9.40. The Labute approximate surface area is 122 Å². The fraction of sp³-hybridized carbons (Fsp3) is 0.750. The van der Waals surface area contributed by atoms with E-state index in [2.05, 4.69) is 32.7 Å². The number of rotatable bonds is 7. The molecule has 0 spiro atoms. The SMILES string of the molecule is CCC(C)C(C)CCc1cn(C(C)CC)c(=O)nc1N. The van der Waals surface area contributed by atoms with Gasteiger partial charge in [-0.25, -0.2) is 4.79 Å². The number of nitrogens with zero attached hydrogens (tertiary/aromatic N) is 2. The predicted molar refractivity (Wildman–Crippen MR) is 84.9 cm³/mol. The van der Waals surface area contributed by atoms with Gasteiger partial charge in [-0.15, -0.1) is 0 Å². The van der Waals surface area contributed by atoms with Crippen LogP contribution in [0.3, 0.4) is 0 Å². The minimum atomic E-state index is -0.240. The van der Waals surface area contributed by atoms with E-state index in [1.165, 1.54) is 6.42 Å². The topological polar surface area (TPSA) is 60.9 Å². The molecular formula is C16H29N3O. The van der Waals surface area contributed by atoms with E-state index in [4.69, 9.17) is 5.73 Å². The zero-order valence-corrected chi connectivity index (χ0v) is 13.5. The summed E-state index contributed by atoms with van der Waals surface area (Å²) < 4.78 is 1.71. The molecule has 0 aliphatic heterocycles. The van der Waals surface area contributed by atoms with Crippen molar-refractivity contribution in [2.75, 3.05) is 5.73 Å². The molecule has 0 aliphatic rings. The van der Waals surface area contributed by atoms with E-state index in [1.807, 2.05) is 13.1 Å². The first-order valence-electron chi connectivity index (χ1n) is 7.78. The molecule has 2 N–H and O–H groups in total. The second kappa shape index (κ2) is 7.46. The average Bonchev–Trinajstić information content (AvgIpc) is 2.44. The Morgan fingerprint density at radius 1 is 1.20 bits per heavy atom. The van der Waals surface area contributed by atoms with Crippen LogP contribution >= 0.6 is 0 Å². The van der Waals surface area contributed by atoms with Gasteiger partial charge in [0.15, 0.2) is 0 Å². The highest BCUT2D eigenvalue weighted by atomic mass is 16.1. The molecule has 0 saturated heterocycles. The first kappa shape index (κ1) is 16.7. The van der Waals surface area contributed by atoms with Crippen molar-refractivity contribution >= 4 is 5.82 Å². The van der Waals surface area contributed by atoms with E-state index in [1.54, 1.807) is 4.57 Å². The summed E-state index contributed by atoms with van der Waals surface area (Å²) in [6.07, 6.45) is 5.98. The highest BCUT2D eigenvalue weighted by molar-refractivity contribution is 5.36. The lowest BCUT2D eigenvalue weighted by atomic mass is 9.89. The number of hydrogen-bond acceptors (Lipinski definition) is 3. The summed E-state index contributed by atoms with van der Waals surface area (Å²) >= 11 is 0. The van der Waals surface area contributed by atoms with Crippen molar-refractivity contribution in [2.45, 2.75) is 66.3 Å². The first-order valence-corrected chi connectivity index (χ1v) is 7.78. The normalized spacial score (nSPS) is 15.8. The maximum atomic E-state index is 11.9. The molecule has 3 atom stereocenters. The molecule has 114 valence electrons. The molecular weight excluding hydrogens is 250 g/mol. The molecule has 4 nitrogen and oxygen atoms in total. The Morgan fingerprint density at radius 2 is 1.85 bits per heavy atom. The van der Waals surface area contributed by atoms with E-state index >= 15 is 0 Å². The third-order valence-corrected chi connectivity index (χ3v) is 4.61. The van der Waals surface area contributed by atoms with Gasteiger partial charge in [0.1, 0.15) is 5.82 Å². The third-order valence-electron chi connectivity index (χ3n) is 4.61. The standard InChI is InChI=1S/C16H29N3O/c1-6-11(3)12(4)8-9-14-10-19(13(5)7-2)16(20)18-15(14)17/h10-13H,6-9H2,1-5H3,(H2,17,18,20). The maximum absolute atomic E-state index is 11.9. The van der Waals surface area contributed by atoms with Crippen molar-refractivity contribution in [2.24, 2.45) is 11.8 Å². The van der Waals surface area contributed by atoms with Gasteiger partial charge >= 0.3 is 5.69 Å². The summed E-state index contributed by atoms with van der Waals surface area (Å²) in [7, 11) is 0. The largest absolute Gasteiger partial charge is 0.383 e. The van der Waals surface area contributed by atoms with E-state index in [-0.39, 0.29) is 11.7 Å². The van der Waals surface area contributed by atoms with Gasteiger partial charge in [-0.3, -0.25) is 4.57 Å². The average molecular weight is 279 g/mol. The predicted octanol–water partition coefficient (Wildman–Crippen LogP) is 3.41. The molecule has 1 rings (SSSR count). The van der Waals surface area contributed by atoms with Gasteiger partial charge in [0.25, 0.3) is 0 Å². The Bertz CT molecular complexity index is 481. The van der Waals surface area contributed by atoms with Crippen LogP contribution in [0.15, 0.2) is 11.0 Å². The molecule has 1 aromatic heterocycles. The van der Waals surface area contributed by atoms with Crippen LogP contribution in [0.4, 0.5) is 5.82 Å². The summed E-state index contributed by atoms with van der Waals surface area (Å²) in [4.78, 5) is 15.8. The molecule has 4 heteroatoms. The minimum absolute atomic E-state index is 0.168. The summed E-state index contributed by atoms with van der Waals surface area (Å²) in [6.45, 7) is 10.9. The molecule has 3 unspecified atom stereocenters. The number of aromatic nitrogens is 2. The van der Waals surface area contributed by atoms with E-state index in [0.717, 1.165) is 24.8 Å². The third kappa shape index (κ3) is 4.09. The highest BCUT2D eigenvalue weighted by Crippen LogP contribution is 2.21. The highest BCUT2D eigenvalue weighted by Gasteiger charge is 2.14. The fourth-order valence-corrected chi connectivity index (χ4v) is 2.30. The monoisotopic (exact) mass is 279 g/mol. The number of aryl methyl sites for hydroxylation is 1. The molecule has 0 radical (unpaired) electrons. The van der Waals surface area contributed by atoms with Gasteiger partial charge in [-0.05, 0) is 38.0 Å². The summed E-state index contributed by atoms with van der Waals surface area (Å²) in [6, 6.07) is 0.168. The van der Waals surface area contributed by atoms with Crippen LogP contribution in [0.25, 0.3) is 0 Å². The zero-order chi connectivity index (χ0) is 15.3. The van der Waals surface area contributed by atoms with Crippen LogP contribution < -0.4 is 11.4 Å². The molecule has 0 amide bonds. The van der Waals surface area contributed by atoms with Gasteiger partial charge in [0, 0.05) is 17.8 Å². The van der Waals surface area contributed by atoms with E-state index < -0.39 is 0 Å². The molecule has 1 heterocycles. The van der Waals surface area contributed by atoms with Crippen molar-refractivity contribution in [1.29, 1.82) is 0 Å². The quantitative estimate of drug-likeness (QED) is 0.832. The second-order valence-electron chi connectivity index (χ2n) is 6.00. The number of hydrogen-bond donors (Lipinski definition) is 1. The Balaban J connectivity index is 2.87. The zero-order valence-electron chi connectivity index (χ0n) is 13.5. The number of nitrogens with two attached hydrogens (primary N) is 1. The Kier molecular flexibility index (Phi) is 6.24. The summed E-state index contributed by atoms with van der Waals surface area (Å²) in [5, 5.41) is 0. The van der Waals surface area contributed by atoms with Gasteiger partial charge in [-0.1, -0.05) is 34.1 Å². The maximum Gasteiger partial charge on any atom is 0.349 e. The van der Waals surface area contributed by atoms with Gasteiger partial charge in [0.2, 0.25) is 0 Å². The van der Waals surface area contributed by atoms with Crippen molar-refractivity contribution < 1.29 is 0 Å². The van der Waals surface area contributed by atoms with Gasteiger partial charge in [-0.2, -0.15) is 4.98 Å². The van der Waals surface area contributed by atoms with Crippen molar-refractivity contribution in [1.82, 2.24) is 9.55 Å². The lowest BCUT2D eigenvalue weighted by Crippen LogP contribution is -2.27. The minimum Gasteiger partial charge on any atom is -0.383 e. The van der Waals surface area contributed by atoms with Gasteiger partial charge < -0.3 is 5.73 Å². The molecule has 0 fully saturated rings. The molecule has 1 aromatic rings. The van der Waals surface area contributed by atoms with Crippen LogP contribution in [0.1, 0.15) is 65.5 Å². The summed E-state index contributed by atoms with van der Waals surface area (Å²) in [5.41, 5.74) is 6.66. The Hall–Kier alpha value is -1.32. The lowest BCUT2D eigenvalue weighted by Gasteiger charge is -2.19. The number of nitrogen functional groups attached to an aromatic ring is 1. The van der Waals surface area contributed by atoms with Crippen LogP contribution in [0.2, 0.25) is 0 Å². The van der Waals surface area contributed by atoms with E-state index in [0.29, 0.717) is 17.7 Å². The molecule has 0 aliphatic carbocycles. The molecule has 0 aromatic carbocycles. The molecule has 20 heavy (non-hydrogen) atoms. The smallest absolute Gasteiger partial charge is 0.349 e. The van der Waals surface area contributed by atoms with Crippen molar-refractivity contribution in [3.05, 3.63) is 22.2 Å². The molecule has 0 bridgehead atoms. The van der Waals surface area contributed by atoms with Crippen molar-refractivity contribution in [3.63, 3.8) is 0 Å². The van der Waals surface area contributed by atoms with Crippen LogP contribution in [-0.4, -0.2) is 9.55 Å². The second-order valence-corrected chi connectivity index (χ2v) is 6.00. The van der Waals surface area contributed by atoms with Gasteiger partial charge in [0.05, 0.1) is 0 Å². The summed E-state index contributed by atoms with van der Waals surface area (Å²) in [5.74, 6) is 1.76. The lowest BCUT2D eigenvalue weighted by molar-refractivity contribution is 0.355. The van der Waals surface area contributed by atoms with Crippen LogP contribution in [0, 0.1) is 11.8 Å². The molecule has 0 saturated carbocycles. The Morgan fingerprint density at radius 3 is 2.40 bits per heavy atom. The van der Waals surface area contributed by atoms with Crippen molar-refractivity contribution in [3.8, 4) is 0 Å². The van der Waals surface area contributed by atoms with Crippen LogP contribution in [0.5, 0.6) is 0 Å². The fourth-order valence-electron chi connectivity index (χ4n) is 2.30. The van der Waals surface area contributed by atoms with Crippen LogP contribution in [-0.2, 0) is 6.42 Å².